The highest BCUT2D eigenvalue weighted by Gasteiger charge is 2.07. The fraction of sp³-hybridized carbons (Fsp3) is 0.632. The lowest BCUT2D eigenvalue weighted by molar-refractivity contribution is 0.477. The van der Waals surface area contributed by atoms with Crippen LogP contribution in [0.4, 0.5) is 0 Å². The van der Waals surface area contributed by atoms with E-state index in [2.05, 4.69) is 39.7 Å². The van der Waals surface area contributed by atoms with E-state index in [0.29, 0.717) is 12.5 Å². The molecule has 2 heterocycles. The van der Waals surface area contributed by atoms with Gasteiger partial charge in [0.15, 0.2) is 17.4 Å². The van der Waals surface area contributed by atoms with Crippen molar-refractivity contribution < 1.29 is 0 Å². The van der Waals surface area contributed by atoms with E-state index in [1.807, 2.05) is 28.8 Å². The summed E-state index contributed by atoms with van der Waals surface area (Å²) in [7, 11) is 1.80. The van der Waals surface area contributed by atoms with Crippen LogP contribution in [0.2, 0.25) is 0 Å². The third-order valence-electron chi connectivity index (χ3n) is 4.44. The summed E-state index contributed by atoms with van der Waals surface area (Å²) in [5, 5.41) is 15.1. The number of aliphatic imine (C=N–C) groups is 1. The van der Waals surface area contributed by atoms with Gasteiger partial charge in [-0.15, -0.1) is 10.2 Å². The highest BCUT2D eigenvalue weighted by atomic mass is 15.3. The van der Waals surface area contributed by atoms with Crippen LogP contribution in [0.15, 0.2) is 29.4 Å². The van der Waals surface area contributed by atoms with Gasteiger partial charge in [0.05, 0.1) is 6.54 Å². The number of nitrogens with zero attached hydrogens (tertiary/aromatic N) is 4. The number of unbranched alkanes of at least 4 members (excludes halogenated alkanes) is 4. The Labute approximate surface area is 151 Å². The molecule has 1 unspecified atom stereocenters. The third kappa shape index (κ3) is 6.36. The number of hydrogen-bond donors (Lipinski definition) is 2. The molecule has 0 spiro atoms. The summed E-state index contributed by atoms with van der Waals surface area (Å²) < 4.78 is 1.99. The fourth-order valence-corrected chi connectivity index (χ4v) is 2.86. The first-order valence-corrected chi connectivity index (χ1v) is 9.47. The van der Waals surface area contributed by atoms with Gasteiger partial charge in [-0.3, -0.25) is 9.39 Å². The molecule has 6 heteroatoms. The molecule has 25 heavy (non-hydrogen) atoms. The number of rotatable bonds is 10. The zero-order chi connectivity index (χ0) is 17.9. The molecule has 138 valence electrons. The highest BCUT2D eigenvalue weighted by molar-refractivity contribution is 5.79. The Morgan fingerprint density at radius 2 is 2.00 bits per heavy atom. The minimum Gasteiger partial charge on any atom is -0.356 e. The predicted octanol–water partition coefficient (Wildman–Crippen LogP) is 3.39. The zero-order valence-corrected chi connectivity index (χ0v) is 15.8. The molecule has 6 nitrogen and oxygen atoms in total. The number of fused-ring (bicyclic) bond motifs is 1. The molecule has 0 amide bonds. The fourth-order valence-electron chi connectivity index (χ4n) is 2.86. The van der Waals surface area contributed by atoms with E-state index < -0.39 is 0 Å². The maximum atomic E-state index is 4.30. The van der Waals surface area contributed by atoms with E-state index >= 15 is 0 Å². The van der Waals surface area contributed by atoms with Crippen molar-refractivity contribution in [1.29, 1.82) is 0 Å². The first kappa shape index (κ1) is 19.2. The summed E-state index contributed by atoms with van der Waals surface area (Å²) in [6, 6.07) is 5.90. The van der Waals surface area contributed by atoms with Gasteiger partial charge in [-0.25, -0.2) is 0 Å². The monoisotopic (exact) mass is 344 g/mol. The molecule has 2 rings (SSSR count). The quantitative estimate of drug-likeness (QED) is 0.394. The molecule has 0 aromatic carbocycles. The smallest absolute Gasteiger partial charge is 0.191 e. The average molecular weight is 345 g/mol. The van der Waals surface area contributed by atoms with Crippen molar-refractivity contribution in [2.75, 3.05) is 13.6 Å². The van der Waals surface area contributed by atoms with Gasteiger partial charge in [0.1, 0.15) is 0 Å². The van der Waals surface area contributed by atoms with Crippen LogP contribution < -0.4 is 10.6 Å². The minimum absolute atomic E-state index is 0.594. The van der Waals surface area contributed by atoms with Gasteiger partial charge in [-0.1, -0.05) is 52.0 Å². The molecule has 2 N–H and O–H groups in total. The SMILES string of the molecule is CCCCCCCC(C)CNC(=NC)NCc1nnc2ccccn12. The van der Waals surface area contributed by atoms with Gasteiger partial charge < -0.3 is 10.6 Å². The molecule has 0 bridgehead atoms. The van der Waals surface area contributed by atoms with Crippen molar-refractivity contribution in [2.24, 2.45) is 10.9 Å². The molecule has 0 aliphatic rings. The van der Waals surface area contributed by atoms with Gasteiger partial charge in [-0.2, -0.15) is 0 Å². The van der Waals surface area contributed by atoms with Crippen molar-refractivity contribution in [1.82, 2.24) is 25.2 Å². The summed E-state index contributed by atoms with van der Waals surface area (Å²) in [5.74, 6) is 2.34. The summed E-state index contributed by atoms with van der Waals surface area (Å²) >= 11 is 0. The van der Waals surface area contributed by atoms with Crippen molar-refractivity contribution in [3.05, 3.63) is 30.2 Å². The Balaban J connectivity index is 1.70. The molecule has 0 aliphatic carbocycles. The number of nitrogens with one attached hydrogen (secondary N) is 2. The first-order chi connectivity index (χ1) is 12.2. The molecule has 2 aromatic heterocycles. The van der Waals surface area contributed by atoms with E-state index in [-0.39, 0.29) is 0 Å². The molecular weight excluding hydrogens is 312 g/mol. The molecule has 0 saturated heterocycles. The van der Waals surface area contributed by atoms with E-state index in [9.17, 15) is 0 Å². The summed E-state index contributed by atoms with van der Waals surface area (Å²) in [6.07, 6.45) is 9.95. The van der Waals surface area contributed by atoms with Gasteiger partial charge in [-0.05, 0) is 24.5 Å². The van der Waals surface area contributed by atoms with Gasteiger partial charge in [0, 0.05) is 19.8 Å². The lowest BCUT2D eigenvalue weighted by Crippen LogP contribution is -2.39. The Morgan fingerprint density at radius 3 is 2.80 bits per heavy atom. The Hall–Kier alpha value is -2.11. The highest BCUT2D eigenvalue weighted by Crippen LogP contribution is 2.10. The molecule has 1 atom stereocenters. The average Bonchev–Trinajstić information content (AvgIpc) is 3.05. The van der Waals surface area contributed by atoms with Crippen LogP contribution in [0, 0.1) is 5.92 Å². The summed E-state index contributed by atoms with van der Waals surface area (Å²) in [4.78, 5) is 4.30. The molecular formula is C19H32N6. The predicted molar refractivity (Wildman–Crippen MR) is 104 cm³/mol. The van der Waals surface area contributed by atoms with E-state index in [0.717, 1.165) is 24.0 Å². The van der Waals surface area contributed by atoms with Crippen LogP contribution >= 0.6 is 0 Å². The number of guanidine groups is 1. The minimum atomic E-state index is 0.594. The number of aromatic nitrogens is 3. The third-order valence-corrected chi connectivity index (χ3v) is 4.44. The van der Waals surface area contributed by atoms with Crippen molar-refractivity contribution in [3.8, 4) is 0 Å². The topological polar surface area (TPSA) is 66.6 Å². The molecule has 0 saturated carbocycles. The molecule has 2 aromatic rings. The maximum absolute atomic E-state index is 4.30. The summed E-state index contributed by atoms with van der Waals surface area (Å²) in [5.41, 5.74) is 0.860. The van der Waals surface area contributed by atoms with E-state index in [4.69, 9.17) is 0 Å². The zero-order valence-electron chi connectivity index (χ0n) is 15.8. The van der Waals surface area contributed by atoms with Crippen LogP contribution in [0.1, 0.15) is 58.2 Å². The van der Waals surface area contributed by atoms with Gasteiger partial charge >= 0.3 is 0 Å². The second kappa shape index (κ2) is 10.7. The number of hydrogen-bond acceptors (Lipinski definition) is 3. The van der Waals surface area contributed by atoms with E-state index in [1.165, 1.54) is 38.5 Å². The van der Waals surface area contributed by atoms with Crippen LogP contribution in [0.3, 0.4) is 0 Å². The van der Waals surface area contributed by atoms with Crippen LogP contribution in [-0.2, 0) is 6.54 Å². The molecule has 0 aliphatic heterocycles. The van der Waals surface area contributed by atoms with Gasteiger partial charge in [0.25, 0.3) is 0 Å². The van der Waals surface area contributed by atoms with Crippen molar-refractivity contribution >= 4 is 11.6 Å². The first-order valence-electron chi connectivity index (χ1n) is 9.47. The molecule has 0 fully saturated rings. The second-order valence-corrected chi connectivity index (χ2v) is 6.66. The Kier molecular flexibility index (Phi) is 8.22. The van der Waals surface area contributed by atoms with Crippen LogP contribution in [0.25, 0.3) is 5.65 Å². The maximum Gasteiger partial charge on any atom is 0.191 e. The van der Waals surface area contributed by atoms with Crippen molar-refractivity contribution in [3.63, 3.8) is 0 Å². The lowest BCUT2D eigenvalue weighted by atomic mass is 10.0. The standard InChI is InChI=1S/C19H32N6/c1-4-5-6-7-8-11-16(2)14-21-19(20-3)22-15-18-24-23-17-12-9-10-13-25(17)18/h9-10,12-13,16H,4-8,11,14-15H2,1-3H3,(H2,20,21,22). The van der Waals surface area contributed by atoms with Gasteiger partial charge in [0.2, 0.25) is 0 Å². The van der Waals surface area contributed by atoms with Crippen LogP contribution in [0.5, 0.6) is 0 Å². The van der Waals surface area contributed by atoms with E-state index in [1.54, 1.807) is 7.05 Å². The Bertz CT molecular complexity index is 648. The number of pyridine rings is 1. The summed E-state index contributed by atoms with van der Waals surface area (Å²) in [6.45, 7) is 6.09. The van der Waals surface area contributed by atoms with Crippen molar-refractivity contribution in [2.45, 2.75) is 58.9 Å². The van der Waals surface area contributed by atoms with Crippen LogP contribution in [-0.4, -0.2) is 34.2 Å². The largest absolute Gasteiger partial charge is 0.356 e. The molecule has 0 radical (unpaired) electrons. The normalized spacial score (nSPS) is 13.2. The second-order valence-electron chi connectivity index (χ2n) is 6.66. The Morgan fingerprint density at radius 1 is 1.16 bits per heavy atom. The lowest BCUT2D eigenvalue weighted by Gasteiger charge is -2.15.